The smallest absolute Gasteiger partial charge is 0.233 e. The number of likely N-dealkylation sites (tertiary alicyclic amines) is 1. The van der Waals surface area contributed by atoms with Gasteiger partial charge >= 0.3 is 0 Å². The van der Waals surface area contributed by atoms with Crippen molar-refractivity contribution < 1.29 is 9.53 Å². The largest absolute Gasteiger partial charge is 0.497 e. The van der Waals surface area contributed by atoms with Crippen LogP contribution in [0.1, 0.15) is 18.4 Å². The van der Waals surface area contributed by atoms with Crippen LogP contribution in [0.2, 0.25) is 0 Å². The number of carbonyl (C=O) groups excluding carboxylic acids is 1. The van der Waals surface area contributed by atoms with Gasteiger partial charge in [0.05, 0.1) is 12.9 Å². The molecule has 2 heterocycles. The summed E-state index contributed by atoms with van der Waals surface area (Å²) in [5.41, 5.74) is 3.06. The predicted molar refractivity (Wildman–Crippen MR) is 115 cm³/mol. The molecule has 3 aromatic rings. The summed E-state index contributed by atoms with van der Waals surface area (Å²) in [6, 6.07) is 16.0. The Hall–Kier alpha value is -2.80. The van der Waals surface area contributed by atoms with Gasteiger partial charge in [-0.25, -0.2) is 0 Å². The molecule has 6 nitrogen and oxygen atoms in total. The maximum atomic E-state index is 12.5. The van der Waals surface area contributed by atoms with Crippen LogP contribution >= 0.6 is 11.8 Å². The van der Waals surface area contributed by atoms with Crippen molar-refractivity contribution in [1.82, 2.24) is 19.7 Å². The Morgan fingerprint density at radius 1 is 1.10 bits per heavy atom. The number of benzene rings is 2. The van der Waals surface area contributed by atoms with E-state index in [-0.39, 0.29) is 5.91 Å². The SMILES string of the molecule is COc1cccc(-c2nnc(SCC(=O)N3CCCC3)n2-c2ccc(C)cc2)c1. The minimum atomic E-state index is 0.161. The molecular formula is C22H24N4O2S. The first-order valence-electron chi connectivity index (χ1n) is 9.73. The Kier molecular flexibility index (Phi) is 5.85. The van der Waals surface area contributed by atoms with Crippen molar-refractivity contribution in [1.29, 1.82) is 0 Å². The molecule has 0 N–H and O–H groups in total. The average Bonchev–Trinajstić information content (AvgIpc) is 3.43. The van der Waals surface area contributed by atoms with Crippen LogP contribution in [-0.2, 0) is 4.79 Å². The van der Waals surface area contributed by atoms with Gasteiger partial charge in [-0.05, 0) is 44.0 Å². The monoisotopic (exact) mass is 408 g/mol. The lowest BCUT2D eigenvalue weighted by atomic mass is 10.2. The number of ether oxygens (including phenoxy) is 1. The molecule has 0 bridgehead atoms. The molecule has 1 aliphatic heterocycles. The van der Waals surface area contributed by atoms with Crippen LogP contribution in [0, 0.1) is 6.92 Å². The summed E-state index contributed by atoms with van der Waals surface area (Å²) in [7, 11) is 1.65. The van der Waals surface area contributed by atoms with Crippen LogP contribution < -0.4 is 4.74 Å². The van der Waals surface area contributed by atoms with Crippen molar-refractivity contribution in [3.63, 3.8) is 0 Å². The summed E-state index contributed by atoms with van der Waals surface area (Å²) >= 11 is 1.43. The molecule has 7 heteroatoms. The summed E-state index contributed by atoms with van der Waals surface area (Å²) in [6.45, 7) is 3.78. The van der Waals surface area contributed by atoms with Gasteiger partial charge in [-0.15, -0.1) is 10.2 Å². The number of hydrogen-bond acceptors (Lipinski definition) is 5. The van der Waals surface area contributed by atoms with E-state index in [0.29, 0.717) is 10.9 Å². The van der Waals surface area contributed by atoms with Gasteiger partial charge in [0.25, 0.3) is 0 Å². The molecule has 1 aliphatic rings. The molecule has 1 aromatic heterocycles. The van der Waals surface area contributed by atoms with Gasteiger partial charge in [-0.2, -0.15) is 0 Å². The predicted octanol–water partition coefficient (Wildman–Crippen LogP) is 3.97. The summed E-state index contributed by atoms with van der Waals surface area (Å²) < 4.78 is 7.38. The number of carbonyl (C=O) groups is 1. The molecule has 29 heavy (non-hydrogen) atoms. The fourth-order valence-corrected chi connectivity index (χ4v) is 4.28. The van der Waals surface area contributed by atoms with Crippen LogP contribution in [0.15, 0.2) is 53.7 Å². The van der Waals surface area contributed by atoms with E-state index in [4.69, 9.17) is 4.74 Å². The number of aromatic nitrogens is 3. The Morgan fingerprint density at radius 2 is 1.86 bits per heavy atom. The normalized spacial score (nSPS) is 13.7. The number of hydrogen-bond donors (Lipinski definition) is 0. The Labute approximate surface area is 174 Å². The molecule has 0 saturated carbocycles. The Balaban J connectivity index is 1.68. The van der Waals surface area contributed by atoms with Gasteiger partial charge < -0.3 is 9.64 Å². The molecule has 1 fully saturated rings. The van der Waals surface area contributed by atoms with Crippen molar-refractivity contribution in [2.24, 2.45) is 0 Å². The lowest BCUT2D eigenvalue weighted by Crippen LogP contribution is -2.29. The fraction of sp³-hybridized carbons (Fsp3) is 0.318. The summed E-state index contributed by atoms with van der Waals surface area (Å²) in [5, 5.41) is 9.57. The third-order valence-corrected chi connectivity index (χ3v) is 5.95. The lowest BCUT2D eigenvalue weighted by molar-refractivity contribution is -0.127. The number of nitrogens with zero attached hydrogens (tertiary/aromatic N) is 4. The summed E-state index contributed by atoms with van der Waals surface area (Å²) in [5.74, 6) is 2.01. The second-order valence-electron chi connectivity index (χ2n) is 7.09. The van der Waals surface area contributed by atoms with Crippen LogP contribution in [-0.4, -0.2) is 51.5 Å². The van der Waals surface area contributed by atoms with Gasteiger partial charge in [0.2, 0.25) is 5.91 Å². The van der Waals surface area contributed by atoms with Gasteiger partial charge in [0.15, 0.2) is 11.0 Å². The highest BCUT2D eigenvalue weighted by Gasteiger charge is 2.21. The zero-order valence-electron chi connectivity index (χ0n) is 16.7. The van der Waals surface area contributed by atoms with E-state index in [1.54, 1.807) is 7.11 Å². The first kappa shape index (κ1) is 19.5. The van der Waals surface area contributed by atoms with E-state index in [1.807, 2.05) is 33.7 Å². The highest BCUT2D eigenvalue weighted by Crippen LogP contribution is 2.30. The third kappa shape index (κ3) is 4.29. The Morgan fingerprint density at radius 3 is 2.59 bits per heavy atom. The molecule has 0 atom stereocenters. The van der Waals surface area contributed by atoms with Crippen LogP contribution in [0.25, 0.3) is 17.1 Å². The molecule has 4 rings (SSSR count). The molecule has 1 amide bonds. The van der Waals surface area contributed by atoms with Crippen molar-refractivity contribution in [3.8, 4) is 22.8 Å². The van der Waals surface area contributed by atoms with Gasteiger partial charge in [0.1, 0.15) is 5.75 Å². The van der Waals surface area contributed by atoms with E-state index in [1.165, 1.54) is 17.3 Å². The van der Waals surface area contributed by atoms with E-state index in [0.717, 1.165) is 48.8 Å². The second kappa shape index (κ2) is 8.69. The minimum absolute atomic E-state index is 0.161. The highest BCUT2D eigenvalue weighted by atomic mass is 32.2. The lowest BCUT2D eigenvalue weighted by Gasteiger charge is -2.15. The zero-order chi connectivity index (χ0) is 20.2. The molecule has 0 aliphatic carbocycles. The van der Waals surface area contributed by atoms with Gasteiger partial charge in [0, 0.05) is 24.3 Å². The molecule has 150 valence electrons. The van der Waals surface area contributed by atoms with Gasteiger partial charge in [-0.1, -0.05) is 41.6 Å². The van der Waals surface area contributed by atoms with Crippen molar-refractivity contribution in [2.45, 2.75) is 24.9 Å². The first-order valence-corrected chi connectivity index (χ1v) is 10.7. The maximum absolute atomic E-state index is 12.5. The molecule has 0 spiro atoms. The quantitative estimate of drug-likeness (QED) is 0.578. The number of methoxy groups -OCH3 is 1. The van der Waals surface area contributed by atoms with E-state index < -0.39 is 0 Å². The van der Waals surface area contributed by atoms with E-state index in [2.05, 4.69) is 41.4 Å². The molecule has 0 unspecified atom stereocenters. The minimum Gasteiger partial charge on any atom is -0.497 e. The van der Waals surface area contributed by atoms with Crippen molar-refractivity contribution in [3.05, 3.63) is 54.1 Å². The number of rotatable bonds is 6. The van der Waals surface area contributed by atoms with Crippen molar-refractivity contribution in [2.75, 3.05) is 26.0 Å². The van der Waals surface area contributed by atoms with Gasteiger partial charge in [-0.3, -0.25) is 9.36 Å². The maximum Gasteiger partial charge on any atom is 0.233 e. The zero-order valence-corrected chi connectivity index (χ0v) is 17.5. The third-order valence-electron chi connectivity index (χ3n) is 5.04. The van der Waals surface area contributed by atoms with E-state index >= 15 is 0 Å². The first-order chi connectivity index (χ1) is 14.2. The van der Waals surface area contributed by atoms with Crippen molar-refractivity contribution >= 4 is 17.7 Å². The molecule has 0 radical (unpaired) electrons. The topological polar surface area (TPSA) is 60.3 Å². The van der Waals surface area contributed by atoms with Crippen LogP contribution in [0.4, 0.5) is 0 Å². The number of amides is 1. The van der Waals surface area contributed by atoms with E-state index in [9.17, 15) is 4.79 Å². The number of aryl methyl sites for hydroxylation is 1. The Bertz CT molecular complexity index is 994. The fourth-order valence-electron chi connectivity index (χ4n) is 3.42. The average molecular weight is 409 g/mol. The molecule has 1 saturated heterocycles. The summed E-state index contributed by atoms with van der Waals surface area (Å²) in [6.07, 6.45) is 2.19. The van der Waals surface area contributed by atoms with Crippen LogP contribution in [0.5, 0.6) is 5.75 Å². The van der Waals surface area contributed by atoms with Crippen LogP contribution in [0.3, 0.4) is 0 Å². The molecule has 2 aromatic carbocycles. The summed E-state index contributed by atoms with van der Waals surface area (Å²) in [4.78, 5) is 14.4. The molecular weight excluding hydrogens is 384 g/mol. The standard InChI is InChI=1S/C22H24N4O2S/c1-16-8-10-18(11-9-16)26-21(17-6-5-7-19(14-17)28-2)23-24-22(26)29-15-20(27)25-12-3-4-13-25/h5-11,14H,3-4,12-13,15H2,1-2H3. The second-order valence-corrected chi connectivity index (χ2v) is 8.03. The number of thioether (sulfide) groups is 1. The highest BCUT2D eigenvalue weighted by molar-refractivity contribution is 7.99.